The molecule has 0 N–H and O–H groups in total. The van der Waals surface area contributed by atoms with Gasteiger partial charge in [-0.15, -0.1) is 0 Å². The van der Waals surface area contributed by atoms with E-state index in [1.165, 1.54) is 36.9 Å². The Labute approximate surface area is 174 Å². The Bertz CT molecular complexity index is 773. The molecule has 2 fully saturated rings. The Morgan fingerprint density at radius 2 is 1.82 bits per heavy atom. The molecule has 3 heterocycles. The fourth-order valence-corrected chi connectivity index (χ4v) is 4.73. The van der Waals surface area contributed by atoms with E-state index in [0.29, 0.717) is 6.04 Å². The van der Waals surface area contributed by atoms with Crippen molar-refractivity contribution in [3.63, 3.8) is 0 Å². The van der Waals surface area contributed by atoms with Crippen LogP contribution in [0.2, 0.25) is 5.02 Å². The van der Waals surface area contributed by atoms with Crippen molar-refractivity contribution >= 4 is 17.4 Å². The molecule has 4 nitrogen and oxygen atoms in total. The molecule has 2 aliphatic rings. The number of hydrogen-bond acceptors (Lipinski definition) is 4. The number of anilines is 1. The van der Waals surface area contributed by atoms with Crippen LogP contribution in [0.15, 0.2) is 42.6 Å². The van der Waals surface area contributed by atoms with Gasteiger partial charge in [0.05, 0.1) is 0 Å². The Hall–Kier alpha value is -1.62. The lowest BCUT2D eigenvalue weighted by Crippen LogP contribution is -2.46. The second kappa shape index (κ2) is 9.25. The van der Waals surface area contributed by atoms with Gasteiger partial charge in [0.25, 0.3) is 0 Å². The third-order valence-electron chi connectivity index (χ3n) is 6.18. The van der Waals surface area contributed by atoms with Gasteiger partial charge in [0.2, 0.25) is 0 Å². The van der Waals surface area contributed by atoms with E-state index in [9.17, 15) is 0 Å². The number of aromatic nitrogens is 1. The van der Waals surface area contributed by atoms with Crippen LogP contribution in [0.1, 0.15) is 30.4 Å². The van der Waals surface area contributed by atoms with Gasteiger partial charge in [-0.25, -0.2) is 4.98 Å². The van der Waals surface area contributed by atoms with Crippen LogP contribution in [0.25, 0.3) is 0 Å². The van der Waals surface area contributed by atoms with E-state index in [0.717, 1.165) is 50.1 Å². The third kappa shape index (κ3) is 4.86. The number of benzene rings is 1. The van der Waals surface area contributed by atoms with Gasteiger partial charge in [-0.2, -0.15) is 0 Å². The number of hydrogen-bond donors (Lipinski definition) is 0. The second-order valence-electron chi connectivity index (χ2n) is 8.17. The molecular weight excluding hydrogens is 368 g/mol. The highest BCUT2D eigenvalue weighted by molar-refractivity contribution is 6.31. The first-order valence-electron chi connectivity index (χ1n) is 10.6. The van der Waals surface area contributed by atoms with Gasteiger partial charge in [-0.3, -0.25) is 9.80 Å². The van der Waals surface area contributed by atoms with Crippen LogP contribution in [0.4, 0.5) is 5.82 Å². The van der Waals surface area contributed by atoms with Crippen molar-refractivity contribution in [2.24, 2.45) is 0 Å². The third-order valence-corrected chi connectivity index (χ3v) is 6.55. The molecule has 0 radical (unpaired) electrons. The first-order valence-corrected chi connectivity index (χ1v) is 10.9. The molecule has 150 valence electrons. The van der Waals surface area contributed by atoms with Gasteiger partial charge in [0, 0.05) is 50.0 Å². The molecule has 0 spiro atoms. The predicted octanol–water partition coefficient (Wildman–Crippen LogP) is 4.22. The summed E-state index contributed by atoms with van der Waals surface area (Å²) < 4.78 is 0. The summed E-state index contributed by atoms with van der Waals surface area (Å²) in [5, 5.41) is 0.891. The van der Waals surface area contributed by atoms with Crippen LogP contribution < -0.4 is 4.90 Å². The molecule has 2 saturated heterocycles. The summed E-state index contributed by atoms with van der Waals surface area (Å²) in [6.45, 7) is 9.98. The highest BCUT2D eigenvalue weighted by Gasteiger charge is 2.26. The van der Waals surface area contributed by atoms with Gasteiger partial charge in [0.15, 0.2) is 0 Å². The van der Waals surface area contributed by atoms with Crippen molar-refractivity contribution in [2.45, 2.75) is 38.8 Å². The van der Waals surface area contributed by atoms with Crippen molar-refractivity contribution in [3.8, 4) is 0 Å². The van der Waals surface area contributed by atoms with Gasteiger partial charge in [-0.05, 0) is 68.6 Å². The summed E-state index contributed by atoms with van der Waals surface area (Å²) in [5.74, 6) is 1.14. The molecule has 4 rings (SSSR count). The predicted molar refractivity (Wildman–Crippen MR) is 117 cm³/mol. The minimum Gasteiger partial charge on any atom is -0.355 e. The molecule has 28 heavy (non-hydrogen) atoms. The van der Waals surface area contributed by atoms with Gasteiger partial charge in [-0.1, -0.05) is 29.8 Å². The summed E-state index contributed by atoms with van der Waals surface area (Å²) in [7, 11) is 0. The maximum Gasteiger partial charge on any atom is 0.128 e. The van der Waals surface area contributed by atoms with Crippen molar-refractivity contribution in [2.75, 3.05) is 44.2 Å². The Balaban J connectivity index is 1.28. The molecule has 0 aliphatic carbocycles. The Kier molecular flexibility index (Phi) is 6.50. The number of rotatable bonds is 4. The van der Waals surface area contributed by atoms with Crippen molar-refractivity contribution in [1.82, 2.24) is 14.8 Å². The zero-order chi connectivity index (χ0) is 19.3. The van der Waals surface area contributed by atoms with Crippen molar-refractivity contribution in [1.29, 1.82) is 0 Å². The first-order chi connectivity index (χ1) is 13.7. The van der Waals surface area contributed by atoms with E-state index in [4.69, 9.17) is 11.6 Å². The number of pyridine rings is 1. The van der Waals surface area contributed by atoms with E-state index in [-0.39, 0.29) is 0 Å². The van der Waals surface area contributed by atoms with Gasteiger partial charge < -0.3 is 4.90 Å². The molecule has 1 aromatic heterocycles. The molecule has 5 heteroatoms. The molecule has 0 amide bonds. The number of nitrogens with zero attached hydrogens (tertiary/aromatic N) is 4. The first kappa shape index (κ1) is 19.7. The van der Waals surface area contributed by atoms with E-state index in [2.05, 4.69) is 50.9 Å². The number of aryl methyl sites for hydroxylation is 1. The maximum absolute atomic E-state index is 6.34. The fourth-order valence-electron chi connectivity index (χ4n) is 4.53. The van der Waals surface area contributed by atoms with Crippen LogP contribution in [0.5, 0.6) is 0 Å². The summed E-state index contributed by atoms with van der Waals surface area (Å²) in [5.41, 5.74) is 2.54. The lowest BCUT2D eigenvalue weighted by Gasteiger charge is -2.38. The summed E-state index contributed by atoms with van der Waals surface area (Å²) in [4.78, 5) is 12.3. The molecule has 0 saturated carbocycles. The minimum absolute atomic E-state index is 0.716. The molecule has 0 bridgehead atoms. The van der Waals surface area contributed by atoms with Gasteiger partial charge in [0.1, 0.15) is 5.82 Å². The highest BCUT2D eigenvalue weighted by atomic mass is 35.5. The van der Waals surface area contributed by atoms with Gasteiger partial charge >= 0.3 is 0 Å². The standard InChI is InChI=1S/C23H31ClN4/c1-19-7-10-25-23(17-19)28-12-4-11-27(15-16-28)21-8-13-26(14-9-21)18-20-5-2-3-6-22(20)24/h2-3,5-7,10,17,21H,4,8-9,11-16,18H2,1H3. The minimum atomic E-state index is 0.716. The fraction of sp³-hybridized carbons (Fsp3) is 0.522. The van der Waals surface area contributed by atoms with Crippen molar-refractivity contribution in [3.05, 3.63) is 58.7 Å². The lowest BCUT2D eigenvalue weighted by atomic mass is 10.0. The average molecular weight is 399 g/mol. The highest BCUT2D eigenvalue weighted by Crippen LogP contribution is 2.23. The smallest absolute Gasteiger partial charge is 0.128 e. The van der Waals surface area contributed by atoms with Crippen LogP contribution >= 0.6 is 11.6 Å². The monoisotopic (exact) mass is 398 g/mol. The maximum atomic E-state index is 6.34. The van der Waals surface area contributed by atoms with E-state index >= 15 is 0 Å². The van der Waals surface area contributed by atoms with E-state index in [1.807, 2.05) is 18.3 Å². The summed E-state index contributed by atoms with van der Waals surface area (Å²) >= 11 is 6.34. The largest absolute Gasteiger partial charge is 0.355 e. The quantitative estimate of drug-likeness (QED) is 0.768. The molecule has 2 aromatic rings. The van der Waals surface area contributed by atoms with E-state index < -0.39 is 0 Å². The van der Waals surface area contributed by atoms with Crippen LogP contribution in [-0.4, -0.2) is 60.1 Å². The van der Waals surface area contributed by atoms with Crippen LogP contribution in [0, 0.1) is 6.92 Å². The van der Waals surface area contributed by atoms with Crippen LogP contribution in [0.3, 0.4) is 0 Å². The Morgan fingerprint density at radius 1 is 1.00 bits per heavy atom. The number of likely N-dealkylation sites (tertiary alicyclic amines) is 1. The normalized spacial score (nSPS) is 20.3. The zero-order valence-corrected chi connectivity index (χ0v) is 17.6. The number of halogens is 1. The Morgan fingerprint density at radius 3 is 2.61 bits per heavy atom. The molecule has 0 atom stereocenters. The summed E-state index contributed by atoms with van der Waals surface area (Å²) in [6, 6.07) is 13.2. The van der Waals surface area contributed by atoms with Crippen LogP contribution in [-0.2, 0) is 6.54 Å². The number of piperidine rings is 1. The summed E-state index contributed by atoms with van der Waals surface area (Å²) in [6.07, 6.45) is 5.66. The zero-order valence-electron chi connectivity index (χ0n) is 16.9. The second-order valence-corrected chi connectivity index (χ2v) is 8.57. The average Bonchev–Trinajstić information content (AvgIpc) is 2.97. The molecular formula is C23H31ClN4. The van der Waals surface area contributed by atoms with E-state index in [1.54, 1.807) is 0 Å². The lowest BCUT2D eigenvalue weighted by molar-refractivity contribution is 0.110. The molecule has 0 unspecified atom stereocenters. The molecule has 2 aliphatic heterocycles. The SMILES string of the molecule is Cc1ccnc(N2CCCN(C3CCN(Cc4ccccc4Cl)CC3)CC2)c1. The topological polar surface area (TPSA) is 22.6 Å². The molecule has 1 aromatic carbocycles. The van der Waals surface area contributed by atoms with Crippen molar-refractivity contribution < 1.29 is 0 Å².